The zero-order valence-electron chi connectivity index (χ0n) is 14.5. The first-order valence-electron chi connectivity index (χ1n) is 8.30. The zero-order chi connectivity index (χ0) is 18.5. The molecule has 2 aromatic carbocycles. The van der Waals surface area contributed by atoms with E-state index in [1.165, 1.54) is 17.7 Å². The highest BCUT2D eigenvalue weighted by Crippen LogP contribution is 2.23. The molecule has 26 heavy (non-hydrogen) atoms. The van der Waals surface area contributed by atoms with Crippen LogP contribution in [0.5, 0.6) is 0 Å². The highest BCUT2D eigenvalue weighted by Gasteiger charge is 2.10. The third kappa shape index (κ3) is 3.81. The number of hydrogen-bond acceptors (Lipinski definition) is 4. The summed E-state index contributed by atoms with van der Waals surface area (Å²) in [6, 6.07) is 14.8. The lowest BCUT2D eigenvalue weighted by Gasteiger charge is -2.06. The van der Waals surface area contributed by atoms with Gasteiger partial charge in [-0.05, 0) is 41.8 Å². The van der Waals surface area contributed by atoms with Gasteiger partial charge in [-0.1, -0.05) is 25.1 Å². The molecule has 0 amide bonds. The molecule has 0 aliphatic heterocycles. The number of rotatable bonds is 6. The molecule has 5 nitrogen and oxygen atoms in total. The van der Waals surface area contributed by atoms with Crippen molar-refractivity contribution in [1.29, 1.82) is 0 Å². The van der Waals surface area contributed by atoms with Gasteiger partial charge in [-0.3, -0.25) is 10.1 Å². The average Bonchev–Trinajstić information content (AvgIpc) is 3.05. The monoisotopic (exact) mass is 365 g/mol. The average molecular weight is 365 g/mol. The lowest BCUT2D eigenvalue weighted by molar-refractivity contribution is -0.384. The summed E-state index contributed by atoms with van der Waals surface area (Å²) in [6.45, 7) is 6.57. The van der Waals surface area contributed by atoms with Crippen LogP contribution in [-0.4, -0.2) is 9.49 Å². The van der Waals surface area contributed by atoms with Gasteiger partial charge in [0, 0.05) is 24.1 Å². The van der Waals surface area contributed by atoms with Gasteiger partial charge in [-0.15, -0.1) is 17.9 Å². The SMILES string of the molecule is C=CCn1c(-c2ccc([N+](=O)[O-])cc2)csc1=Nc1ccc(CC)cc1. The smallest absolute Gasteiger partial charge is 0.269 e. The number of aryl methyl sites for hydroxylation is 1. The normalized spacial score (nSPS) is 11.5. The second-order valence-corrected chi connectivity index (χ2v) is 6.58. The van der Waals surface area contributed by atoms with Crippen LogP contribution < -0.4 is 4.80 Å². The van der Waals surface area contributed by atoms with Crippen molar-refractivity contribution >= 4 is 22.7 Å². The van der Waals surface area contributed by atoms with E-state index in [-0.39, 0.29) is 5.69 Å². The van der Waals surface area contributed by atoms with E-state index in [2.05, 4.69) is 30.2 Å². The van der Waals surface area contributed by atoms with Gasteiger partial charge in [-0.25, -0.2) is 4.99 Å². The van der Waals surface area contributed by atoms with Crippen molar-refractivity contribution < 1.29 is 4.92 Å². The summed E-state index contributed by atoms with van der Waals surface area (Å²) in [6.07, 6.45) is 2.82. The Balaban J connectivity index is 2.03. The predicted molar refractivity (Wildman–Crippen MR) is 106 cm³/mol. The van der Waals surface area contributed by atoms with Gasteiger partial charge in [0.15, 0.2) is 4.80 Å². The van der Waals surface area contributed by atoms with Crippen molar-refractivity contribution in [2.24, 2.45) is 4.99 Å². The molecular weight excluding hydrogens is 346 g/mol. The molecule has 132 valence electrons. The summed E-state index contributed by atoms with van der Waals surface area (Å²) < 4.78 is 2.06. The minimum Gasteiger partial charge on any atom is -0.313 e. The number of hydrogen-bond donors (Lipinski definition) is 0. The number of allylic oxidation sites excluding steroid dienone is 1. The Morgan fingerprint density at radius 2 is 1.88 bits per heavy atom. The van der Waals surface area contributed by atoms with Crippen LogP contribution >= 0.6 is 11.3 Å². The topological polar surface area (TPSA) is 60.4 Å². The highest BCUT2D eigenvalue weighted by molar-refractivity contribution is 7.07. The van der Waals surface area contributed by atoms with Crippen LogP contribution in [0.2, 0.25) is 0 Å². The third-order valence-corrected chi connectivity index (χ3v) is 4.92. The Hall–Kier alpha value is -2.99. The van der Waals surface area contributed by atoms with Gasteiger partial charge in [-0.2, -0.15) is 0 Å². The Bertz CT molecular complexity index is 983. The van der Waals surface area contributed by atoms with E-state index in [4.69, 9.17) is 4.99 Å². The molecule has 0 fully saturated rings. The molecule has 0 unspecified atom stereocenters. The number of aromatic nitrogens is 1. The van der Waals surface area contributed by atoms with Crippen molar-refractivity contribution in [3.05, 3.63) is 87.0 Å². The molecule has 0 aliphatic rings. The number of nitro groups is 1. The highest BCUT2D eigenvalue weighted by atomic mass is 32.1. The van der Waals surface area contributed by atoms with Crippen LogP contribution in [0.3, 0.4) is 0 Å². The second-order valence-electron chi connectivity index (χ2n) is 5.74. The maximum atomic E-state index is 10.8. The van der Waals surface area contributed by atoms with E-state index in [0.717, 1.165) is 28.2 Å². The van der Waals surface area contributed by atoms with Crippen molar-refractivity contribution in [1.82, 2.24) is 4.57 Å². The molecule has 0 spiro atoms. The fraction of sp³-hybridized carbons (Fsp3) is 0.150. The Morgan fingerprint density at radius 3 is 2.46 bits per heavy atom. The molecule has 0 atom stereocenters. The van der Waals surface area contributed by atoms with Crippen LogP contribution in [0, 0.1) is 10.1 Å². The van der Waals surface area contributed by atoms with E-state index in [1.54, 1.807) is 23.5 Å². The van der Waals surface area contributed by atoms with Gasteiger partial charge in [0.1, 0.15) is 0 Å². The standard InChI is InChI=1S/C20H19N3O2S/c1-3-13-22-19(16-7-11-18(12-8-16)23(24)25)14-26-20(22)21-17-9-5-15(4-2)6-10-17/h3,5-12,14H,1,4,13H2,2H3. The van der Waals surface area contributed by atoms with Crippen molar-refractivity contribution in [3.63, 3.8) is 0 Å². The minimum atomic E-state index is -0.393. The first-order chi connectivity index (χ1) is 12.6. The van der Waals surface area contributed by atoms with Crippen LogP contribution in [0.25, 0.3) is 11.3 Å². The van der Waals surface area contributed by atoms with Gasteiger partial charge >= 0.3 is 0 Å². The van der Waals surface area contributed by atoms with E-state index in [1.807, 2.05) is 23.6 Å². The van der Waals surface area contributed by atoms with Gasteiger partial charge < -0.3 is 4.57 Å². The zero-order valence-corrected chi connectivity index (χ0v) is 15.3. The summed E-state index contributed by atoms with van der Waals surface area (Å²) in [5.74, 6) is 0. The quantitative estimate of drug-likeness (QED) is 0.346. The van der Waals surface area contributed by atoms with Crippen LogP contribution in [0.15, 0.2) is 71.6 Å². The molecule has 3 rings (SSSR count). The summed E-state index contributed by atoms with van der Waals surface area (Å²) in [4.78, 5) is 16.1. The number of thiazole rings is 1. The predicted octanol–water partition coefficient (Wildman–Crippen LogP) is 5.11. The molecule has 6 heteroatoms. The van der Waals surface area contributed by atoms with E-state index >= 15 is 0 Å². The molecule has 1 heterocycles. The Morgan fingerprint density at radius 1 is 1.19 bits per heavy atom. The maximum absolute atomic E-state index is 10.8. The third-order valence-electron chi connectivity index (χ3n) is 4.05. The number of nitrogens with zero attached hydrogens (tertiary/aromatic N) is 3. The Labute approximate surface area is 155 Å². The summed E-state index contributed by atoms with van der Waals surface area (Å²) in [5, 5.41) is 12.9. The summed E-state index contributed by atoms with van der Waals surface area (Å²) in [7, 11) is 0. The fourth-order valence-electron chi connectivity index (χ4n) is 2.63. The molecule has 0 aliphatic carbocycles. The summed E-state index contributed by atoms with van der Waals surface area (Å²) >= 11 is 1.54. The first-order valence-corrected chi connectivity index (χ1v) is 9.18. The van der Waals surface area contributed by atoms with E-state index in [9.17, 15) is 10.1 Å². The van der Waals surface area contributed by atoms with Gasteiger partial charge in [0.25, 0.3) is 5.69 Å². The lowest BCUT2D eigenvalue weighted by atomic mass is 10.1. The van der Waals surface area contributed by atoms with Crippen molar-refractivity contribution in [2.45, 2.75) is 19.9 Å². The largest absolute Gasteiger partial charge is 0.313 e. The number of benzene rings is 2. The molecule has 3 aromatic rings. The number of nitro benzene ring substituents is 1. The Kier molecular flexibility index (Phi) is 5.43. The van der Waals surface area contributed by atoms with Crippen LogP contribution in [0.4, 0.5) is 11.4 Å². The summed E-state index contributed by atoms with van der Waals surface area (Å²) in [5.41, 5.74) is 4.14. The maximum Gasteiger partial charge on any atom is 0.269 e. The van der Waals surface area contributed by atoms with Crippen molar-refractivity contribution in [2.75, 3.05) is 0 Å². The van der Waals surface area contributed by atoms with E-state index in [0.29, 0.717) is 6.54 Å². The molecular formula is C20H19N3O2S. The minimum absolute atomic E-state index is 0.0835. The molecule has 0 saturated heterocycles. The first kappa shape index (κ1) is 17.8. The lowest BCUT2D eigenvalue weighted by Crippen LogP contribution is -2.14. The molecule has 1 aromatic heterocycles. The molecule has 0 saturated carbocycles. The van der Waals surface area contributed by atoms with Gasteiger partial charge in [0.2, 0.25) is 0 Å². The molecule has 0 bridgehead atoms. The van der Waals surface area contributed by atoms with Crippen molar-refractivity contribution in [3.8, 4) is 11.3 Å². The fourth-order valence-corrected chi connectivity index (χ4v) is 3.56. The van der Waals surface area contributed by atoms with Gasteiger partial charge in [0.05, 0.1) is 16.3 Å². The molecule has 0 N–H and O–H groups in total. The second kappa shape index (κ2) is 7.93. The molecule has 0 radical (unpaired) electrons. The van der Waals surface area contributed by atoms with E-state index < -0.39 is 4.92 Å². The van der Waals surface area contributed by atoms with Crippen LogP contribution in [-0.2, 0) is 13.0 Å². The number of non-ortho nitro benzene ring substituents is 1. The van der Waals surface area contributed by atoms with Crippen LogP contribution in [0.1, 0.15) is 12.5 Å².